The van der Waals surface area contributed by atoms with Gasteiger partial charge < -0.3 is 10.2 Å². The summed E-state index contributed by atoms with van der Waals surface area (Å²) in [7, 11) is 0. The van der Waals surface area contributed by atoms with Crippen molar-refractivity contribution in [3.63, 3.8) is 0 Å². The molecule has 4 nitrogen and oxygen atoms in total. The van der Waals surface area contributed by atoms with Gasteiger partial charge in [0.15, 0.2) is 5.13 Å². The number of nitrogens with one attached hydrogen (secondary N) is 1. The Morgan fingerprint density at radius 2 is 2.04 bits per heavy atom. The van der Waals surface area contributed by atoms with Gasteiger partial charge in [0.25, 0.3) is 0 Å². The van der Waals surface area contributed by atoms with Crippen LogP contribution in [0.4, 0.5) is 19.6 Å². The molecular formula is C17H12ClF2N3OS. The topological polar surface area (TPSA) is 45.2 Å². The largest absolute Gasteiger partial charge is 0.346 e. The molecule has 1 aliphatic rings. The second kappa shape index (κ2) is 6.24. The summed E-state index contributed by atoms with van der Waals surface area (Å²) in [5, 5.41) is 3.47. The molecule has 4 rings (SSSR count). The van der Waals surface area contributed by atoms with E-state index in [-0.39, 0.29) is 22.7 Å². The van der Waals surface area contributed by atoms with E-state index in [9.17, 15) is 13.6 Å². The van der Waals surface area contributed by atoms with E-state index in [1.807, 2.05) is 4.90 Å². The number of nitrogens with zero attached hydrogens (tertiary/aromatic N) is 2. The van der Waals surface area contributed by atoms with Crippen LogP contribution in [0.5, 0.6) is 0 Å². The summed E-state index contributed by atoms with van der Waals surface area (Å²) >= 11 is 7.11. The maximum atomic E-state index is 13.3. The fourth-order valence-electron chi connectivity index (χ4n) is 2.64. The van der Waals surface area contributed by atoms with Crippen molar-refractivity contribution in [2.24, 2.45) is 5.92 Å². The Morgan fingerprint density at radius 1 is 1.24 bits per heavy atom. The minimum absolute atomic E-state index is 0.0326. The number of benzene rings is 2. The number of halogens is 3. The molecule has 1 aromatic heterocycles. The lowest BCUT2D eigenvalue weighted by Crippen LogP contribution is -2.52. The standard InChI is InChI=1S/C17H12ClF2N3OS/c18-12-6-11(2-3-13(12)20)21-16(24)9-7-23(8-9)17-22-14-4-1-10(19)5-15(14)25-17/h1-6,9H,7-8H2,(H,21,24). The van der Waals surface area contributed by atoms with Crippen LogP contribution in [0.1, 0.15) is 0 Å². The molecule has 2 heterocycles. The highest BCUT2D eigenvalue weighted by Crippen LogP contribution is 2.33. The van der Waals surface area contributed by atoms with Crippen LogP contribution in [0.15, 0.2) is 36.4 Å². The van der Waals surface area contributed by atoms with Gasteiger partial charge in [-0.3, -0.25) is 4.79 Å². The maximum absolute atomic E-state index is 13.3. The average Bonchev–Trinajstić information content (AvgIpc) is 2.92. The molecule has 1 amide bonds. The molecule has 0 aliphatic carbocycles. The van der Waals surface area contributed by atoms with Crippen molar-refractivity contribution in [3.8, 4) is 0 Å². The first-order valence-corrected chi connectivity index (χ1v) is 8.76. The highest BCUT2D eigenvalue weighted by Gasteiger charge is 2.34. The van der Waals surface area contributed by atoms with E-state index in [2.05, 4.69) is 10.3 Å². The zero-order chi connectivity index (χ0) is 17.6. The highest BCUT2D eigenvalue weighted by atomic mass is 35.5. The van der Waals surface area contributed by atoms with Gasteiger partial charge in [-0.2, -0.15) is 0 Å². The summed E-state index contributed by atoms with van der Waals surface area (Å²) in [5.74, 6) is -1.15. The summed E-state index contributed by atoms with van der Waals surface area (Å²) in [4.78, 5) is 18.7. The van der Waals surface area contributed by atoms with Crippen LogP contribution in [0, 0.1) is 17.6 Å². The Hall–Kier alpha value is -2.25. The molecule has 0 saturated carbocycles. The minimum Gasteiger partial charge on any atom is -0.346 e. The summed E-state index contributed by atoms with van der Waals surface area (Å²) in [6.45, 7) is 1.06. The number of amides is 1. The molecular weight excluding hydrogens is 368 g/mol. The number of thiazole rings is 1. The van der Waals surface area contributed by atoms with Crippen molar-refractivity contribution in [1.29, 1.82) is 0 Å². The Labute approximate surface area is 151 Å². The summed E-state index contributed by atoms with van der Waals surface area (Å²) in [6.07, 6.45) is 0. The third-order valence-electron chi connectivity index (χ3n) is 4.05. The van der Waals surface area contributed by atoms with Crippen LogP contribution in [0.3, 0.4) is 0 Å². The lowest BCUT2D eigenvalue weighted by molar-refractivity contribution is -0.120. The van der Waals surface area contributed by atoms with Crippen LogP contribution in [0.2, 0.25) is 5.02 Å². The molecule has 0 atom stereocenters. The van der Waals surface area contributed by atoms with Crippen molar-refractivity contribution in [3.05, 3.63) is 53.1 Å². The van der Waals surface area contributed by atoms with Crippen LogP contribution >= 0.6 is 22.9 Å². The van der Waals surface area contributed by atoms with Gasteiger partial charge in [0.2, 0.25) is 5.91 Å². The van der Waals surface area contributed by atoms with Crippen LogP contribution < -0.4 is 10.2 Å². The lowest BCUT2D eigenvalue weighted by atomic mass is 10.00. The van der Waals surface area contributed by atoms with Gasteiger partial charge in [-0.25, -0.2) is 13.8 Å². The van der Waals surface area contributed by atoms with E-state index < -0.39 is 5.82 Å². The minimum atomic E-state index is -0.526. The van der Waals surface area contributed by atoms with Gasteiger partial charge in [0, 0.05) is 18.8 Å². The normalized spacial score (nSPS) is 14.6. The Balaban J connectivity index is 1.40. The number of carbonyl (C=O) groups excluding carboxylic acids is 1. The van der Waals surface area contributed by atoms with Crippen molar-refractivity contribution in [2.75, 3.05) is 23.3 Å². The number of anilines is 2. The highest BCUT2D eigenvalue weighted by molar-refractivity contribution is 7.22. The summed E-state index contributed by atoms with van der Waals surface area (Å²) in [5.41, 5.74) is 1.21. The monoisotopic (exact) mass is 379 g/mol. The number of rotatable bonds is 3. The molecule has 2 aromatic carbocycles. The number of hydrogen-bond donors (Lipinski definition) is 1. The molecule has 1 aliphatic heterocycles. The van der Waals surface area contributed by atoms with Crippen molar-refractivity contribution >= 4 is 49.9 Å². The SMILES string of the molecule is O=C(Nc1ccc(F)c(Cl)c1)C1CN(c2nc3ccc(F)cc3s2)C1. The number of aromatic nitrogens is 1. The Bertz CT molecular complexity index is 972. The zero-order valence-electron chi connectivity index (χ0n) is 12.8. The lowest BCUT2D eigenvalue weighted by Gasteiger charge is -2.37. The molecule has 8 heteroatoms. The Kier molecular flexibility index (Phi) is 4.05. The van der Waals surface area contributed by atoms with E-state index in [0.717, 1.165) is 15.3 Å². The molecule has 3 aromatic rings. The summed E-state index contributed by atoms with van der Waals surface area (Å²) in [6, 6.07) is 8.55. The van der Waals surface area contributed by atoms with Gasteiger partial charge in [-0.1, -0.05) is 22.9 Å². The first-order valence-electron chi connectivity index (χ1n) is 7.56. The van der Waals surface area contributed by atoms with E-state index in [1.54, 1.807) is 6.07 Å². The molecule has 1 N–H and O–H groups in total. The van der Waals surface area contributed by atoms with Gasteiger partial charge >= 0.3 is 0 Å². The molecule has 0 unspecified atom stereocenters. The van der Waals surface area contributed by atoms with Gasteiger partial charge in [-0.15, -0.1) is 0 Å². The van der Waals surface area contributed by atoms with Crippen molar-refractivity contribution in [2.45, 2.75) is 0 Å². The molecule has 25 heavy (non-hydrogen) atoms. The molecule has 0 radical (unpaired) electrons. The third kappa shape index (κ3) is 3.17. The molecule has 0 bridgehead atoms. The fourth-order valence-corrected chi connectivity index (χ4v) is 3.83. The Morgan fingerprint density at radius 3 is 2.80 bits per heavy atom. The zero-order valence-corrected chi connectivity index (χ0v) is 14.4. The number of fused-ring (bicyclic) bond motifs is 1. The molecule has 1 saturated heterocycles. The van der Waals surface area contributed by atoms with Crippen LogP contribution in [0.25, 0.3) is 10.2 Å². The first kappa shape index (κ1) is 16.2. The van der Waals surface area contributed by atoms with E-state index in [4.69, 9.17) is 11.6 Å². The first-order chi connectivity index (χ1) is 12.0. The third-order valence-corrected chi connectivity index (χ3v) is 5.42. The second-order valence-electron chi connectivity index (χ2n) is 5.83. The van der Waals surface area contributed by atoms with Gasteiger partial charge in [0.1, 0.15) is 11.6 Å². The molecule has 1 fully saturated rings. The number of carbonyl (C=O) groups is 1. The van der Waals surface area contributed by atoms with Gasteiger partial charge in [-0.05, 0) is 36.4 Å². The summed E-state index contributed by atoms with van der Waals surface area (Å²) < 4.78 is 27.2. The van der Waals surface area contributed by atoms with Gasteiger partial charge in [0.05, 0.1) is 21.2 Å². The molecule has 0 spiro atoms. The van der Waals surface area contributed by atoms with Crippen LogP contribution in [-0.4, -0.2) is 24.0 Å². The number of hydrogen-bond acceptors (Lipinski definition) is 4. The van der Waals surface area contributed by atoms with E-state index >= 15 is 0 Å². The average molecular weight is 380 g/mol. The van der Waals surface area contributed by atoms with E-state index in [0.29, 0.717) is 18.8 Å². The van der Waals surface area contributed by atoms with Crippen molar-refractivity contribution in [1.82, 2.24) is 4.98 Å². The molecule has 128 valence electrons. The predicted molar refractivity (Wildman–Crippen MR) is 95.3 cm³/mol. The maximum Gasteiger partial charge on any atom is 0.231 e. The second-order valence-corrected chi connectivity index (χ2v) is 7.24. The van der Waals surface area contributed by atoms with E-state index in [1.165, 1.54) is 41.7 Å². The van der Waals surface area contributed by atoms with Crippen molar-refractivity contribution < 1.29 is 13.6 Å². The quantitative estimate of drug-likeness (QED) is 0.737. The predicted octanol–water partition coefficient (Wildman–Crippen LogP) is 4.30. The van der Waals surface area contributed by atoms with Crippen LogP contribution in [-0.2, 0) is 4.79 Å². The fraction of sp³-hybridized carbons (Fsp3) is 0.176. The smallest absolute Gasteiger partial charge is 0.231 e.